The highest BCUT2D eigenvalue weighted by Gasteiger charge is 2.08. The van der Waals surface area contributed by atoms with Crippen LogP contribution in [0.3, 0.4) is 0 Å². The Hall–Kier alpha value is -0.410. The van der Waals surface area contributed by atoms with Crippen molar-refractivity contribution >= 4 is 5.78 Å². The average Bonchev–Trinajstić information content (AvgIpc) is 1.98. The summed E-state index contributed by atoms with van der Waals surface area (Å²) in [6.45, 7) is 10.4. The highest BCUT2D eigenvalue weighted by atomic mass is 16.1. The Morgan fingerprint density at radius 1 is 1.31 bits per heavy atom. The topological polar surface area (TPSA) is 41.1 Å². The summed E-state index contributed by atoms with van der Waals surface area (Å²) in [5.41, 5.74) is 0.110. The summed E-state index contributed by atoms with van der Waals surface area (Å²) in [5.74, 6) is 0.276. The van der Waals surface area contributed by atoms with Gasteiger partial charge in [-0.1, -0.05) is 6.92 Å². The predicted molar refractivity (Wildman–Crippen MR) is 55.9 cm³/mol. The van der Waals surface area contributed by atoms with E-state index in [1.165, 1.54) is 0 Å². The van der Waals surface area contributed by atoms with Gasteiger partial charge in [-0.25, -0.2) is 0 Å². The van der Waals surface area contributed by atoms with E-state index in [0.717, 1.165) is 13.1 Å². The van der Waals surface area contributed by atoms with Crippen LogP contribution in [0.4, 0.5) is 0 Å². The number of carbonyl (C=O) groups excluding carboxylic acids is 1. The fourth-order valence-electron chi connectivity index (χ4n) is 0.930. The molecule has 0 heterocycles. The Balaban J connectivity index is 3.37. The molecule has 0 aliphatic rings. The Kier molecular flexibility index (Phi) is 5.91. The van der Waals surface area contributed by atoms with Gasteiger partial charge >= 0.3 is 0 Å². The number of hydrogen-bond acceptors (Lipinski definition) is 3. The first-order valence-electron chi connectivity index (χ1n) is 4.93. The molecule has 0 atom stereocenters. The highest BCUT2D eigenvalue weighted by Crippen LogP contribution is 1.97. The molecule has 78 valence electrons. The lowest BCUT2D eigenvalue weighted by molar-refractivity contribution is -0.118. The average molecular weight is 186 g/mol. The van der Waals surface area contributed by atoms with Crippen LogP contribution in [0.1, 0.15) is 34.1 Å². The molecule has 13 heavy (non-hydrogen) atoms. The second kappa shape index (κ2) is 6.11. The lowest BCUT2D eigenvalue weighted by Gasteiger charge is -2.20. The van der Waals surface area contributed by atoms with E-state index in [0.29, 0.717) is 13.0 Å². The van der Waals surface area contributed by atoms with Gasteiger partial charge in [-0.2, -0.15) is 0 Å². The minimum Gasteiger partial charge on any atom is -0.312 e. The van der Waals surface area contributed by atoms with Crippen LogP contribution in [-0.2, 0) is 4.79 Å². The molecule has 0 unspecified atom stereocenters. The number of ketones is 1. The van der Waals surface area contributed by atoms with Crippen LogP contribution in [0.15, 0.2) is 0 Å². The number of likely N-dealkylation sites (N-methyl/N-ethyl adjacent to an activating group) is 1. The third-order valence-electron chi connectivity index (χ3n) is 1.63. The van der Waals surface area contributed by atoms with Crippen LogP contribution in [0.25, 0.3) is 0 Å². The van der Waals surface area contributed by atoms with Crippen molar-refractivity contribution in [3.05, 3.63) is 0 Å². The summed E-state index contributed by atoms with van der Waals surface area (Å²) >= 11 is 0. The third-order valence-corrected chi connectivity index (χ3v) is 1.63. The Morgan fingerprint density at radius 2 is 1.92 bits per heavy atom. The van der Waals surface area contributed by atoms with Gasteiger partial charge in [-0.15, -0.1) is 0 Å². The van der Waals surface area contributed by atoms with Gasteiger partial charge in [0, 0.05) is 18.5 Å². The molecule has 0 radical (unpaired) electrons. The van der Waals surface area contributed by atoms with Crippen molar-refractivity contribution in [2.24, 2.45) is 0 Å². The lowest BCUT2D eigenvalue weighted by Crippen LogP contribution is -2.37. The largest absolute Gasteiger partial charge is 0.312 e. The zero-order valence-electron chi connectivity index (χ0n) is 9.24. The van der Waals surface area contributed by atoms with Crippen LogP contribution in [0, 0.1) is 0 Å². The van der Waals surface area contributed by atoms with Crippen molar-refractivity contribution in [2.45, 2.75) is 39.7 Å². The minimum atomic E-state index is 0.110. The van der Waals surface area contributed by atoms with Gasteiger partial charge in [-0.3, -0.25) is 4.79 Å². The normalized spacial score (nSPS) is 11.7. The predicted octanol–water partition coefficient (Wildman–Crippen LogP) is 0.943. The summed E-state index contributed by atoms with van der Waals surface area (Å²) in [6.07, 6.45) is 0.615. The van der Waals surface area contributed by atoms with Gasteiger partial charge in [0.25, 0.3) is 0 Å². The van der Waals surface area contributed by atoms with E-state index in [1.807, 2.05) is 6.92 Å². The van der Waals surface area contributed by atoms with Crippen molar-refractivity contribution in [1.82, 2.24) is 10.6 Å². The standard InChI is InChI=1S/C10H22N2O/c1-5-11-8-9(13)6-7-12-10(2,3)4/h11-12H,5-8H2,1-4H3. The van der Waals surface area contributed by atoms with E-state index >= 15 is 0 Å². The zero-order valence-corrected chi connectivity index (χ0v) is 9.24. The number of carbonyl (C=O) groups is 1. The molecular weight excluding hydrogens is 164 g/mol. The van der Waals surface area contributed by atoms with E-state index in [9.17, 15) is 4.79 Å². The van der Waals surface area contributed by atoms with E-state index in [2.05, 4.69) is 31.4 Å². The first-order chi connectivity index (χ1) is 5.95. The molecule has 0 spiro atoms. The maximum Gasteiger partial charge on any atom is 0.147 e. The second-order valence-corrected chi connectivity index (χ2v) is 4.25. The van der Waals surface area contributed by atoms with Crippen molar-refractivity contribution in [3.8, 4) is 0 Å². The van der Waals surface area contributed by atoms with Gasteiger partial charge < -0.3 is 10.6 Å². The molecule has 3 heteroatoms. The molecule has 0 saturated heterocycles. The molecule has 2 N–H and O–H groups in total. The molecule has 0 aromatic heterocycles. The monoisotopic (exact) mass is 186 g/mol. The zero-order chi connectivity index (χ0) is 10.3. The quantitative estimate of drug-likeness (QED) is 0.649. The molecule has 0 rings (SSSR count). The van der Waals surface area contributed by atoms with Crippen molar-refractivity contribution in [2.75, 3.05) is 19.6 Å². The van der Waals surface area contributed by atoms with E-state index < -0.39 is 0 Å². The Morgan fingerprint density at radius 3 is 2.38 bits per heavy atom. The first-order valence-corrected chi connectivity index (χ1v) is 4.93. The van der Waals surface area contributed by atoms with Gasteiger partial charge in [0.15, 0.2) is 0 Å². The molecule has 0 aromatic carbocycles. The van der Waals surface area contributed by atoms with E-state index in [4.69, 9.17) is 0 Å². The number of rotatable bonds is 6. The maximum absolute atomic E-state index is 11.2. The van der Waals surface area contributed by atoms with E-state index in [-0.39, 0.29) is 11.3 Å². The molecule has 0 fully saturated rings. The van der Waals surface area contributed by atoms with Crippen LogP contribution in [0.5, 0.6) is 0 Å². The van der Waals surface area contributed by atoms with Crippen LogP contribution >= 0.6 is 0 Å². The summed E-state index contributed by atoms with van der Waals surface area (Å²) in [4.78, 5) is 11.2. The molecule has 0 amide bonds. The minimum absolute atomic E-state index is 0.110. The molecule has 3 nitrogen and oxygen atoms in total. The molecule has 0 aliphatic heterocycles. The molecular formula is C10H22N2O. The molecule has 0 saturated carbocycles. The second-order valence-electron chi connectivity index (χ2n) is 4.25. The number of hydrogen-bond donors (Lipinski definition) is 2. The van der Waals surface area contributed by atoms with Crippen LogP contribution in [0.2, 0.25) is 0 Å². The summed E-state index contributed by atoms with van der Waals surface area (Å²) in [7, 11) is 0. The smallest absolute Gasteiger partial charge is 0.147 e. The lowest BCUT2D eigenvalue weighted by atomic mass is 10.1. The van der Waals surface area contributed by atoms with E-state index in [1.54, 1.807) is 0 Å². The van der Waals surface area contributed by atoms with Gasteiger partial charge in [0.1, 0.15) is 5.78 Å². The number of Topliss-reactive ketones (excluding diaryl/α,β-unsaturated/α-hetero) is 1. The van der Waals surface area contributed by atoms with Crippen LogP contribution in [-0.4, -0.2) is 31.0 Å². The van der Waals surface area contributed by atoms with Gasteiger partial charge in [0.2, 0.25) is 0 Å². The molecule has 0 aromatic rings. The molecule has 0 aliphatic carbocycles. The van der Waals surface area contributed by atoms with Crippen molar-refractivity contribution in [1.29, 1.82) is 0 Å². The molecule has 0 bridgehead atoms. The summed E-state index contributed by atoms with van der Waals surface area (Å²) < 4.78 is 0. The fourth-order valence-corrected chi connectivity index (χ4v) is 0.930. The van der Waals surface area contributed by atoms with Gasteiger partial charge in [0.05, 0.1) is 6.54 Å². The van der Waals surface area contributed by atoms with Crippen LogP contribution < -0.4 is 10.6 Å². The Labute approximate surface area is 81.3 Å². The summed E-state index contributed by atoms with van der Waals surface area (Å²) in [5, 5.41) is 6.30. The highest BCUT2D eigenvalue weighted by molar-refractivity contribution is 5.80. The SMILES string of the molecule is CCNCC(=O)CCNC(C)(C)C. The van der Waals surface area contributed by atoms with Crippen molar-refractivity contribution < 1.29 is 4.79 Å². The maximum atomic E-state index is 11.2. The third kappa shape index (κ3) is 9.50. The first kappa shape index (κ1) is 12.6. The van der Waals surface area contributed by atoms with Crippen molar-refractivity contribution in [3.63, 3.8) is 0 Å². The van der Waals surface area contributed by atoms with Gasteiger partial charge in [-0.05, 0) is 27.3 Å². The summed E-state index contributed by atoms with van der Waals surface area (Å²) in [6, 6.07) is 0. The number of nitrogens with one attached hydrogen (secondary N) is 2. The Bertz CT molecular complexity index is 149. The fraction of sp³-hybridized carbons (Fsp3) is 0.900.